The summed E-state index contributed by atoms with van der Waals surface area (Å²) in [6, 6.07) is 8.84. The summed E-state index contributed by atoms with van der Waals surface area (Å²) >= 11 is 0. The summed E-state index contributed by atoms with van der Waals surface area (Å²) in [5.41, 5.74) is 8.35. The molecule has 7 heteroatoms. The number of nitrogen functional groups attached to an aromatic ring is 1. The van der Waals surface area contributed by atoms with Gasteiger partial charge in [0, 0.05) is 44.8 Å². The van der Waals surface area contributed by atoms with Gasteiger partial charge in [0.1, 0.15) is 5.82 Å². The molecule has 1 aromatic carbocycles. The molecule has 1 aromatic heterocycles. The highest BCUT2D eigenvalue weighted by molar-refractivity contribution is 5.53. The van der Waals surface area contributed by atoms with Crippen LogP contribution in [0.2, 0.25) is 0 Å². The van der Waals surface area contributed by atoms with E-state index in [1.807, 2.05) is 0 Å². The van der Waals surface area contributed by atoms with Crippen molar-refractivity contribution in [2.24, 2.45) is 0 Å². The first kappa shape index (κ1) is 16.4. The van der Waals surface area contributed by atoms with Gasteiger partial charge < -0.3 is 15.4 Å². The number of hydrogen-bond acceptors (Lipinski definition) is 7. The van der Waals surface area contributed by atoms with Crippen molar-refractivity contribution in [3.63, 3.8) is 0 Å². The lowest BCUT2D eigenvalue weighted by Crippen LogP contribution is -2.47. The van der Waals surface area contributed by atoms with E-state index in [1.54, 1.807) is 0 Å². The van der Waals surface area contributed by atoms with Gasteiger partial charge in [-0.2, -0.15) is 15.0 Å². The lowest BCUT2D eigenvalue weighted by Gasteiger charge is -2.36. The molecule has 2 aromatic rings. The topological polar surface area (TPSA) is 80.4 Å². The van der Waals surface area contributed by atoms with E-state index in [0.29, 0.717) is 5.82 Å². The molecule has 0 unspecified atom stereocenters. The molecule has 1 saturated heterocycles. The van der Waals surface area contributed by atoms with Crippen LogP contribution in [-0.4, -0.2) is 59.7 Å². The van der Waals surface area contributed by atoms with Crippen LogP contribution in [0.25, 0.3) is 0 Å². The van der Waals surface area contributed by atoms with Crippen molar-refractivity contribution in [3.8, 4) is 6.01 Å². The highest BCUT2D eigenvalue weighted by Gasteiger charge is 2.18. The van der Waals surface area contributed by atoms with Gasteiger partial charge in [0.2, 0.25) is 5.95 Å². The zero-order chi connectivity index (χ0) is 16.9. The first-order valence-electron chi connectivity index (χ1n) is 8.23. The maximum atomic E-state index is 5.68. The Morgan fingerprint density at radius 1 is 1.08 bits per heavy atom. The van der Waals surface area contributed by atoms with Crippen LogP contribution in [0.1, 0.15) is 11.4 Å². The van der Waals surface area contributed by atoms with E-state index in [1.165, 1.54) is 18.4 Å². The van der Waals surface area contributed by atoms with Gasteiger partial charge in [0.05, 0.1) is 7.11 Å². The predicted octanol–water partition coefficient (Wildman–Crippen LogP) is 1.14. The third kappa shape index (κ3) is 3.91. The summed E-state index contributed by atoms with van der Waals surface area (Å²) in [5.74, 6) is 0.891. The molecule has 0 atom stereocenters. The maximum Gasteiger partial charge on any atom is 0.321 e. The van der Waals surface area contributed by atoms with E-state index < -0.39 is 0 Å². The molecule has 0 radical (unpaired) electrons. The molecular formula is C17H24N6O. The van der Waals surface area contributed by atoms with Crippen LogP contribution in [0.5, 0.6) is 6.01 Å². The molecule has 24 heavy (non-hydrogen) atoms. The lowest BCUT2D eigenvalue weighted by atomic mass is 10.1. The Balaban J connectivity index is 1.53. The third-order valence-electron chi connectivity index (χ3n) is 4.34. The van der Waals surface area contributed by atoms with Crippen LogP contribution in [0.3, 0.4) is 0 Å². The number of benzene rings is 1. The first-order valence-corrected chi connectivity index (χ1v) is 8.23. The summed E-state index contributed by atoms with van der Waals surface area (Å²) in [7, 11) is 1.53. The molecule has 1 fully saturated rings. The van der Waals surface area contributed by atoms with Gasteiger partial charge in [-0.3, -0.25) is 4.90 Å². The molecule has 1 aliphatic heterocycles. The summed E-state index contributed by atoms with van der Waals surface area (Å²) in [5, 5.41) is 0. The average Bonchev–Trinajstić information content (AvgIpc) is 2.60. The van der Waals surface area contributed by atoms with E-state index >= 15 is 0 Å². The van der Waals surface area contributed by atoms with Gasteiger partial charge >= 0.3 is 6.01 Å². The highest BCUT2D eigenvalue weighted by atomic mass is 16.5. The van der Waals surface area contributed by atoms with E-state index in [-0.39, 0.29) is 12.0 Å². The second kappa shape index (κ2) is 7.44. The van der Waals surface area contributed by atoms with Crippen LogP contribution in [0, 0.1) is 6.92 Å². The van der Waals surface area contributed by atoms with Crippen molar-refractivity contribution < 1.29 is 4.74 Å². The number of para-hydroxylation sites is 1. The Labute approximate surface area is 142 Å². The molecule has 1 aliphatic rings. The number of methoxy groups -OCH3 is 1. The van der Waals surface area contributed by atoms with Gasteiger partial charge in [0.15, 0.2) is 0 Å². The van der Waals surface area contributed by atoms with Crippen LogP contribution in [0.15, 0.2) is 24.3 Å². The minimum atomic E-state index is 0.209. The van der Waals surface area contributed by atoms with Crippen LogP contribution in [-0.2, 0) is 6.42 Å². The van der Waals surface area contributed by atoms with Crippen molar-refractivity contribution in [1.29, 1.82) is 0 Å². The Hall–Kier alpha value is -2.41. The molecule has 2 N–H and O–H groups in total. The van der Waals surface area contributed by atoms with E-state index in [4.69, 9.17) is 10.5 Å². The number of nitrogens with zero attached hydrogens (tertiary/aromatic N) is 5. The summed E-state index contributed by atoms with van der Waals surface area (Å²) < 4.78 is 5.04. The second-order valence-corrected chi connectivity index (χ2v) is 5.96. The molecular weight excluding hydrogens is 304 g/mol. The van der Waals surface area contributed by atoms with E-state index in [9.17, 15) is 0 Å². The number of nitrogens with two attached hydrogens (primary N) is 1. The lowest BCUT2D eigenvalue weighted by molar-refractivity contribution is 0.258. The Morgan fingerprint density at radius 2 is 1.83 bits per heavy atom. The first-order chi connectivity index (χ1) is 11.7. The predicted molar refractivity (Wildman–Crippen MR) is 94.3 cm³/mol. The number of anilines is 2. The monoisotopic (exact) mass is 328 g/mol. The smallest absolute Gasteiger partial charge is 0.321 e. The van der Waals surface area contributed by atoms with Crippen molar-refractivity contribution in [3.05, 3.63) is 35.7 Å². The molecule has 2 heterocycles. The number of aromatic nitrogens is 3. The van der Waals surface area contributed by atoms with E-state index in [0.717, 1.165) is 39.1 Å². The minimum absolute atomic E-state index is 0.209. The minimum Gasteiger partial charge on any atom is -0.467 e. The molecule has 0 bridgehead atoms. The van der Waals surface area contributed by atoms with Gasteiger partial charge in [-0.05, 0) is 18.6 Å². The van der Waals surface area contributed by atoms with Gasteiger partial charge in [-0.15, -0.1) is 0 Å². The van der Waals surface area contributed by atoms with E-state index in [2.05, 4.69) is 55.9 Å². The van der Waals surface area contributed by atoms with Gasteiger partial charge in [0.25, 0.3) is 0 Å². The fourth-order valence-electron chi connectivity index (χ4n) is 3.01. The molecule has 0 amide bonds. The number of hydrogen-bond donors (Lipinski definition) is 1. The Bertz CT molecular complexity index is 685. The van der Waals surface area contributed by atoms with Crippen LogP contribution in [0.4, 0.5) is 11.6 Å². The summed E-state index contributed by atoms with van der Waals surface area (Å²) in [6.45, 7) is 7.22. The number of piperazine rings is 1. The van der Waals surface area contributed by atoms with Crippen molar-refractivity contribution in [2.75, 3.05) is 50.5 Å². The fourth-order valence-corrected chi connectivity index (χ4v) is 3.01. The van der Waals surface area contributed by atoms with Crippen molar-refractivity contribution in [1.82, 2.24) is 19.9 Å². The number of ether oxygens (including phenoxy) is 1. The normalized spacial score (nSPS) is 15.5. The van der Waals surface area contributed by atoms with Gasteiger partial charge in [-0.25, -0.2) is 0 Å². The second-order valence-electron chi connectivity index (χ2n) is 5.96. The molecule has 7 nitrogen and oxygen atoms in total. The summed E-state index contributed by atoms with van der Waals surface area (Å²) in [6.07, 6.45) is 0.743. The number of rotatable bonds is 5. The average molecular weight is 328 g/mol. The molecule has 0 aliphatic carbocycles. The van der Waals surface area contributed by atoms with Crippen molar-refractivity contribution >= 4 is 11.6 Å². The largest absolute Gasteiger partial charge is 0.467 e. The Kier molecular flexibility index (Phi) is 5.10. The zero-order valence-electron chi connectivity index (χ0n) is 14.3. The van der Waals surface area contributed by atoms with Gasteiger partial charge in [-0.1, -0.05) is 18.2 Å². The molecule has 128 valence electrons. The third-order valence-corrected chi connectivity index (χ3v) is 4.34. The quantitative estimate of drug-likeness (QED) is 0.881. The maximum absolute atomic E-state index is 5.68. The molecule has 0 spiro atoms. The standard InChI is InChI=1S/C17H24N6O/c1-13-5-3-4-6-14(13)23-11-9-22(10-12-23)8-7-15-19-16(18)21-17(20-15)24-2/h3-6H,7-12H2,1-2H3,(H2,18,19,20,21). The fraction of sp³-hybridized carbons (Fsp3) is 0.471. The summed E-state index contributed by atoms with van der Waals surface area (Å²) in [4.78, 5) is 17.2. The zero-order valence-corrected chi connectivity index (χ0v) is 14.3. The molecule has 0 saturated carbocycles. The number of aryl methyl sites for hydroxylation is 1. The Morgan fingerprint density at radius 3 is 2.54 bits per heavy atom. The van der Waals surface area contributed by atoms with Crippen LogP contribution >= 0.6 is 0 Å². The van der Waals surface area contributed by atoms with Crippen molar-refractivity contribution in [2.45, 2.75) is 13.3 Å². The molecule has 3 rings (SSSR count). The SMILES string of the molecule is COc1nc(N)nc(CCN2CCN(c3ccccc3C)CC2)n1. The highest BCUT2D eigenvalue weighted by Crippen LogP contribution is 2.20. The van der Waals surface area contributed by atoms with Crippen LogP contribution < -0.4 is 15.4 Å².